The summed E-state index contributed by atoms with van der Waals surface area (Å²) < 4.78 is 0. The van der Waals surface area contributed by atoms with Crippen LogP contribution in [0.4, 0.5) is 5.69 Å². The molecule has 1 aliphatic rings. The van der Waals surface area contributed by atoms with E-state index in [1.54, 1.807) is 24.3 Å². The first-order chi connectivity index (χ1) is 12.1. The smallest absolute Gasteiger partial charge is 0.253 e. The molecule has 0 spiro atoms. The molecule has 0 aliphatic carbocycles. The molecule has 1 saturated heterocycles. The second-order valence-electron chi connectivity index (χ2n) is 6.36. The average molecular weight is 374 g/mol. The molecule has 2 aromatic carbocycles. The largest absolute Gasteiger partial charge is 0.339 e. The molecule has 5 nitrogen and oxygen atoms in total. The Kier molecular flexibility index (Phi) is 7.18. The monoisotopic (exact) mass is 373 g/mol. The van der Waals surface area contributed by atoms with Crippen LogP contribution in [0, 0.1) is 0 Å². The predicted octanol–water partition coefficient (Wildman–Crippen LogP) is 2.85. The molecule has 0 saturated carbocycles. The molecule has 2 amide bonds. The molecule has 2 aromatic rings. The summed E-state index contributed by atoms with van der Waals surface area (Å²) in [6, 6.07) is 16.1. The number of hydrogen-bond acceptors (Lipinski definition) is 3. The van der Waals surface area contributed by atoms with Crippen LogP contribution in [-0.2, 0) is 11.2 Å². The van der Waals surface area contributed by atoms with Gasteiger partial charge < -0.3 is 16.0 Å². The van der Waals surface area contributed by atoms with Crippen LogP contribution in [0.3, 0.4) is 0 Å². The Hall–Kier alpha value is -2.37. The van der Waals surface area contributed by atoms with Gasteiger partial charge in [0.1, 0.15) is 0 Å². The van der Waals surface area contributed by atoms with Gasteiger partial charge in [-0.15, -0.1) is 12.4 Å². The summed E-state index contributed by atoms with van der Waals surface area (Å²) in [4.78, 5) is 26.4. The second kappa shape index (κ2) is 9.36. The average Bonchev–Trinajstić information content (AvgIpc) is 3.17. The van der Waals surface area contributed by atoms with E-state index in [2.05, 4.69) is 5.32 Å². The van der Waals surface area contributed by atoms with E-state index in [1.807, 2.05) is 35.2 Å². The number of nitrogens with zero attached hydrogens (tertiary/aromatic N) is 1. The van der Waals surface area contributed by atoms with Gasteiger partial charge in [-0.05, 0) is 49.1 Å². The van der Waals surface area contributed by atoms with Gasteiger partial charge in [0.2, 0.25) is 5.91 Å². The number of halogens is 1. The molecule has 1 fully saturated rings. The number of amides is 2. The van der Waals surface area contributed by atoms with Crippen molar-refractivity contribution >= 4 is 29.9 Å². The summed E-state index contributed by atoms with van der Waals surface area (Å²) in [6.45, 7) is 1.65. The van der Waals surface area contributed by atoms with E-state index in [9.17, 15) is 9.59 Å². The Morgan fingerprint density at radius 2 is 1.62 bits per heavy atom. The zero-order valence-electron chi connectivity index (χ0n) is 14.6. The third-order valence-corrected chi connectivity index (χ3v) is 4.43. The number of rotatable bonds is 5. The van der Waals surface area contributed by atoms with E-state index in [0.717, 1.165) is 31.5 Å². The first kappa shape index (κ1) is 19.9. The van der Waals surface area contributed by atoms with Gasteiger partial charge >= 0.3 is 0 Å². The maximum atomic E-state index is 12.3. The quantitative estimate of drug-likeness (QED) is 0.846. The van der Waals surface area contributed by atoms with Gasteiger partial charge in [-0.3, -0.25) is 9.59 Å². The van der Waals surface area contributed by atoms with Gasteiger partial charge in [0, 0.05) is 24.3 Å². The van der Waals surface area contributed by atoms with Gasteiger partial charge in [-0.2, -0.15) is 0 Å². The van der Waals surface area contributed by atoms with Crippen LogP contribution in [-0.4, -0.2) is 35.8 Å². The topological polar surface area (TPSA) is 75.4 Å². The fourth-order valence-electron chi connectivity index (χ4n) is 2.99. The molecule has 3 rings (SSSR count). The van der Waals surface area contributed by atoms with Crippen LogP contribution in [0.15, 0.2) is 54.6 Å². The second-order valence-corrected chi connectivity index (χ2v) is 6.36. The molecule has 6 heteroatoms. The Morgan fingerprint density at radius 3 is 2.23 bits per heavy atom. The summed E-state index contributed by atoms with van der Waals surface area (Å²) >= 11 is 0. The van der Waals surface area contributed by atoms with Crippen molar-refractivity contribution in [2.45, 2.75) is 25.3 Å². The normalized spacial score (nSPS) is 14.4. The van der Waals surface area contributed by atoms with Crippen LogP contribution in [0.5, 0.6) is 0 Å². The lowest BCUT2D eigenvalue weighted by atomic mass is 10.1. The molecule has 1 atom stereocenters. The fraction of sp³-hybridized carbons (Fsp3) is 0.300. The summed E-state index contributed by atoms with van der Waals surface area (Å²) in [6.07, 6.45) is 2.62. The summed E-state index contributed by atoms with van der Waals surface area (Å²) in [5.74, 6) is -0.182. The van der Waals surface area contributed by atoms with Crippen molar-refractivity contribution in [2.75, 3.05) is 18.4 Å². The summed E-state index contributed by atoms with van der Waals surface area (Å²) in [5, 5.41) is 2.81. The maximum Gasteiger partial charge on any atom is 0.253 e. The lowest BCUT2D eigenvalue weighted by Crippen LogP contribution is -2.37. The molecular weight excluding hydrogens is 350 g/mol. The van der Waals surface area contributed by atoms with E-state index in [0.29, 0.717) is 17.7 Å². The number of carbonyl (C=O) groups is 2. The van der Waals surface area contributed by atoms with Gasteiger partial charge in [0.15, 0.2) is 0 Å². The molecule has 0 bridgehead atoms. The number of anilines is 1. The number of carbonyl (C=O) groups excluding carboxylic acids is 2. The van der Waals surface area contributed by atoms with Gasteiger partial charge in [0.05, 0.1) is 6.04 Å². The van der Waals surface area contributed by atoms with E-state index in [4.69, 9.17) is 5.73 Å². The molecule has 1 unspecified atom stereocenters. The van der Waals surface area contributed by atoms with Crippen molar-refractivity contribution in [3.8, 4) is 0 Å². The highest BCUT2D eigenvalue weighted by Crippen LogP contribution is 2.15. The number of benzene rings is 2. The Labute approximate surface area is 160 Å². The first-order valence-corrected chi connectivity index (χ1v) is 8.63. The zero-order valence-corrected chi connectivity index (χ0v) is 15.4. The molecule has 3 N–H and O–H groups in total. The maximum absolute atomic E-state index is 12.3. The molecule has 0 radical (unpaired) electrons. The van der Waals surface area contributed by atoms with Crippen LogP contribution in [0.25, 0.3) is 0 Å². The van der Waals surface area contributed by atoms with Gasteiger partial charge in [-0.1, -0.05) is 30.3 Å². The van der Waals surface area contributed by atoms with Crippen molar-refractivity contribution in [1.82, 2.24) is 4.90 Å². The van der Waals surface area contributed by atoms with Crippen molar-refractivity contribution in [2.24, 2.45) is 5.73 Å². The standard InChI is InChI=1S/C20H23N3O2.ClH/c21-18(14-15-6-2-1-3-7-15)19(24)22-17-10-8-16(9-11-17)20(25)23-12-4-5-13-23;/h1-3,6-11,18H,4-5,12-14,21H2,(H,22,24);1H. The summed E-state index contributed by atoms with van der Waals surface area (Å²) in [7, 11) is 0. The number of nitrogens with one attached hydrogen (secondary N) is 1. The first-order valence-electron chi connectivity index (χ1n) is 8.63. The number of nitrogens with two attached hydrogens (primary N) is 1. The summed E-state index contributed by atoms with van der Waals surface area (Å²) in [5.41, 5.74) is 8.30. The van der Waals surface area contributed by atoms with E-state index in [-0.39, 0.29) is 24.2 Å². The minimum Gasteiger partial charge on any atom is -0.339 e. The highest BCUT2D eigenvalue weighted by molar-refractivity contribution is 5.97. The van der Waals surface area contributed by atoms with Crippen LogP contribution < -0.4 is 11.1 Å². The molecule has 26 heavy (non-hydrogen) atoms. The molecule has 1 aliphatic heterocycles. The van der Waals surface area contributed by atoms with Crippen molar-refractivity contribution in [1.29, 1.82) is 0 Å². The van der Waals surface area contributed by atoms with E-state index < -0.39 is 6.04 Å². The van der Waals surface area contributed by atoms with E-state index >= 15 is 0 Å². The fourth-order valence-corrected chi connectivity index (χ4v) is 2.99. The van der Waals surface area contributed by atoms with Crippen molar-refractivity contribution in [3.63, 3.8) is 0 Å². The minimum absolute atomic E-state index is 0. The lowest BCUT2D eigenvalue weighted by Gasteiger charge is -2.16. The highest BCUT2D eigenvalue weighted by Gasteiger charge is 2.19. The molecule has 138 valence electrons. The van der Waals surface area contributed by atoms with Crippen molar-refractivity contribution in [3.05, 3.63) is 65.7 Å². The zero-order chi connectivity index (χ0) is 17.6. The van der Waals surface area contributed by atoms with Gasteiger partial charge in [0.25, 0.3) is 5.91 Å². The highest BCUT2D eigenvalue weighted by atomic mass is 35.5. The Bertz CT molecular complexity index is 728. The Morgan fingerprint density at radius 1 is 1.00 bits per heavy atom. The molecular formula is C20H24ClN3O2. The molecule has 0 aromatic heterocycles. The van der Waals surface area contributed by atoms with Crippen LogP contribution in [0.2, 0.25) is 0 Å². The minimum atomic E-state index is -0.617. The third-order valence-electron chi connectivity index (χ3n) is 4.43. The number of likely N-dealkylation sites (tertiary alicyclic amines) is 1. The number of hydrogen-bond donors (Lipinski definition) is 2. The van der Waals surface area contributed by atoms with E-state index in [1.165, 1.54) is 0 Å². The lowest BCUT2D eigenvalue weighted by molar-refractivity contribution is -0.117. The van der Waals surface area contributed by atoms with Crippen LogP contribution in [0.1, 0.15) is 28.8 Å². The predicted molar refractivity (Wildman–Crippen MR) is 106 cm³/mol. The third kappa shape index (κ3) is 5.07. The Balaban J connectivity index is 0.00000243. The van der Waals surface area contributed by atoms with Gasteiger partial charge in [-0.25, -0.2) is 0 Å². The van der Waals surface area contributed by atoms with Crippen molar-refractivity contribution < 1.29 is 9.59 Å². The van der Waals surface area contributed by atoms with Crippen LogP contribution >= 0.6 is 12.4 Å². The molecule has 1 heterocycles. The SMILES string of the molecule is Cl.NC(Cc1ccccc1)C(=O)Nc1ccc(C(=O)N2CCCC2)cc1.